The highest BCUT2D eigenvalue weighted by Gasteiger charge is 2.37. The zero-order valence-corrected chi connectivity index (χ0v) is 20.5. The fourth-order valence-corrected chi connectivity index (χ4v) is 4.52. The van der Waals surface area contributed by atoms with Gasteiger partial charge in [0.05, 0.1) is 24.4 Å². The number of hydrogen-bond acceptors (Lipinski definition) is 6. The third-order valence-electron chi connectivity index (χ3n) is 5.89. The number of para-hydroxylation sites is 1. The van der Waals surface area contributed by atoms with Gasteiger partial charge in [-0.05, 0) is 45.7 Å². The van der Waals surface area contributed by atoms with Crippen LogP contribution in [0.1, 0.15) is 40.2 Å². The number of aromatic nitrogens is 1. The first-order valence-electron chi connectivity index (χ1n) is 11.6. The van der Waals surface area contributed by atoms with E-state index in [4.69, 9.17) is 9.47 Å². The number of nitrogens with zero attached hydrogens (tertiary/aromatic N) is 1. The zero-order valence-electron chi connectivity index (χ0n) is 20.5. The number of rotatable bonds is 9. The largest absolute Gasteiger partial charge is 0.463 e. The molecule has 2 heterocycles. The third-order valence-corrected chi connectivity index (χ3v) is 5.89. The van der Waals surface area contributed by atoms with E-state index in [1.807, 2.05) is 44.3 Å². The molecule has 3 rings (SSSR count). The molecule has 0 fully saturated rings. The standard InChI is InChI=1S/C26H33N3O5/c1-6-33-25(31)23-16(3)28-17(4)24(26(32)34-7-2)21(23)15-29-14-19(12-13-27-18(5)30)20-10-8-9-11-22(20)29/h8-11,14,21,28H,6-7,12-13,15H2,1-5H3,(H,27,30). The van der Waals surface area contributed by atoms with E-state index in [1.54, 1.807) is 13.8 Å². The molecule has 0 aliphatic carbocycles. The average molecular weight is 468 g/mol. The maximum atomic E-state index is 13.0. The van der Waals surface area contributed by atoms with E-state index in [0.29, 0.717) is 42.1 Å². The highest BCUT2D eigenvalue weighted by atomic mass is 16.5. The number of carbonyl (C=O) groups excluding carboxylic acids is 3. The summed E-state index contributed by atoms with van der Waals surface area (Å²) in [5, 5.41) is 7.07. The van der Waals surface area contributed by atoms with Gasteiger partial charge in [-0.15, -0.1) is 0 Å². The minimum atomic E-state index is -0.543. The molecule has 182 valence electrons. The summed E-state index contributed by atoms with van der Waals surface area (Å²) < 4.78 is 12.8. The van der Waals surface area contributed by atoms with E-state index in [9.17, 15) is 14.4 Å². The summed E-state index contributed by atoms with van der Waals surface area (Å²) in [6.07, 6.45) is 2.70. The van der Waals surface area contributed by atoms with Gasteiger partial charge in [-0.2, -0.15) is 0 Å². The molecule has 1 aliphatic heterocycles. The van der Waals surface area contributed by atoms with Crippen LogP contribution in [0.4, 0.5) is 0 Å². The minimum Gasteiger partial charge on any atom is -0.463 e. The van der Waals surface area contributed by atoms with Crippen molar-refractivity contribution in [2.75, 3.05) is 19.8 Å². The number of hydrogen-bond donors (Lipinski definition) is 2. The van der Waals surface area contributed by atoms with Crippen molar-refractivity contribution in [2.24, 2.45) is 5.92 Å². The smallest absolute Gasteiger partial charge is 0.336 e. The van der Waals surface area contributed by atoms with Crippen molar-refractivity contribution in [3.8, 4) is 0 Å². The van der Waals surface area contributed by atoms with Gasteiger partial charge in [0.25, 0.3) is 0 Å². The Bertz CT molecular complexity index is 1120. The van der Waals surface area contributed by atoms with E-state index < -0.39 is 17.9 Å². The maximum absolute atomic E-state index is 13.0. The number of nitrogens with one attached hydrogen (secondary N) is 2. The van der Waals surface area contributed by atoms with Gasteiger partial charge in [-0.3, -0.25) is 4.79 Å². The van der Waals surface area contributed by atoms with Gasteiger partial charge < -0.3 is 24.7 Å². The zero-order chi connectivity index (χ0) is 24.8. The minimum absolute atomic E-state index is 0.0715. The van der Waals surface area contributed by atoms with Crippen molar-refractivity contribution >= 4 is 28.7 Å². The van der Waals surface area contributed by atoms with E-state index >= 15 is 0 Å². The quantitative estimate of drug-likeness (QED) is 0.550. The van der Waals surface area contributed by atoms with Crippen molar-refractivity contribution in [2.45, 2.75) is 47.6 Å². The molecule has 2 aromatic rings. The van der Waals surface area contributed by atoms with E-state index in [2.05, 4.69) is 15.2 Å². The molecule has 0 saturated heterocycles. The first kappa shape index (κ1) is 25.1. The predicted octanol–water partition coefficient (Wildman–Crippen LogP) is 3.21. The second-order valence-electron chi connectivity index (χ2n) is 8.25. The Hall–Kier alpha value is -3.55. The number of ether oxygens (including phenoxy) is 2. The number of dihydropyridines is 1. The molecule has 8 heteroatoms. The summed E-state index contributed by atoms with van der Waals surface area (Å²) in [4.78, 5) is 37.3. The SMILES string of the molecule is CCOC(=O)C1=C(C)NC(C)=C(C(=O)OCC)C1Cn1cc(CCNC(C)=O)c2ccccc21. The van der Waals surface area contributed by atoms with Crippen LogP contribution < -0.4 is 10.6 Å². The first-order chi connectivity index (χ1) is 16.3. The van der Waals surface area contributed by atoms with Crippen LogP contribution in [-0.4, -0.2) is 42.2 Å². The van der Waals surface area contributed by atoms with E-state index in [1.165, 1.54) is 6.92 Å². The summed E-state index contributed by atoms with van der Waals surface area (Å²) in [5.41, 5.74) is 4.24. The summed E-state index contributed by atoms with van der Waals surface area (Å²) in [5.74, 6) is -1.51. The molecule has 8 nitrogen and oxygen atoms in total. The van der Waals surface area contributed by atoms with Crippen molar-refractivity contribution in [3.05, 3.63) is 58.6 Å². The lowest BCUT2D eigenvalue weighted by Gasteiger charge is -2.30. The maximum Gasteiger partial charge on any atom is 0.336 e. The average Bonchev–Trinajstić information content (AvgIpc) is 3.11. The van der Waals surface area contributed by atoms with E-state index in [-0.39, 0.29) is 19.1 Å². The summed E-state index contributed by atoms with van der Waals surface area (Å²) >= 11 is 0. The van der Waals surface area contributed by atoms with Crippen molar-refractivity contribution < 1.29 is 23.9 Å². The normalized spacial score (nSPS) is 14.3. The van der Waals surface area contributed by atoms with Gasteiger partial charge in [-0.1, -0.05) is 18.2 Å². The molecule has 0 radical (unpaired) electrons. The van der Waals surface area contributed by atoms with Crippen LogP contribution in [0.2, 0.25) is 0 Å². The molecule has 1 aromatic heterocycles. The second-order valence-corrected chi connectivity index (χ2v) is 8.25. The summed E-state index contributed by atoms with van der Waals surface area (Å²) in [7, 11) is 0. The van der Waals surface area contributed by atoms with Crippen LogP contribution >= 0.6 is 0 Å². The fourth-order valence-electron chi connectivity index (χ4n) is 4.52. The summed E-state index contributed by atoms with van der Waals surface area (Å²) in [6.45, 7) is 10.0. The van der Waals surface area contributed by atoms with Gasteiger partial charge in [0, 0.05) is 54.4 Å². The molecular formula is C26H33N3O5. The molecule has 0 atom stereocenters. The van der Waals surface area contributed by atoms with Gasteiger partial charge >= 0.3 is 11.9 Å². The monoisotopic (exact) mass is 467 g/mol. The Labute approximate surface area is 200 Å². The number of fused-ring (bicyclic) bond motifs is 1. The van der Waals surface area contributed by atoms with Crippen molar-refractivity contribution in [3.63, 3.8) is 0 Å². The van der Waals surface area contributed by atoms with E-state index in [0.717, 1.165) is 16.5 Å². The van der Waals surface area contributed by atoms with Crippen LogP contribution in [0.3, 0.4) is 0 Å². The van der Waals surface area contributed by atoms with Gasteiger partial charge in [0.1, 0.15) is 0 Å². The molecule has 1 aromatic carbocycles. The highest BCUT2D eigenvalue weighted by Crippen LogP contribution is 2.34. The van der Waals surface area contributed by atoms with Gasteiger partial charge in [0.15, 0.2) is 0 Å². The van der Waals surface area contributed by atoms with Crippen LogP contribution in [0.5, 0.6) is 0 Å². The third kappa shape index (κ3) is 5.32. The molecule has 2 N–H and O–H groups in total. The molecule has 0 saturated carbocycles. The number of benzene rings is 1. The number of carbonyl (C=O) groups is 3. The Morgan fingerprint density at radius 2 is 1.59 bits per heavy atom. The fraction of sp³-hybridized carbons (Fsp3) is 0.423. The highest BCUT2D eigenvalue weighted by molar-refractivity contribution is 5.98. The molecule has 0 unspecified atom stereocenters. The molecule has 1 amide bonds. The Balaban J connectivity index is 2.06. The van der Waals surface area contributed by atoms with Crippen LogP contribution in [0, 0.1) is 5.92 Å². The summed E-state index contributed by atoms with van der Waals surface area (Å²) in [6, 6.07) is 7.98. The Morgan fingerprint density at radius 3 is 2.15 bits per heavy atom. The molecule has 0 bridgehead atoms. The lowest BCUT2D eigenvalue weighted by molar-refractivity contribution is -0.140. The van der Waals surface area contributed by atoms with Crippen molar-refractivity contribution in [1.29, 1.82) is 0 Å². The van der Waals surface area contributed by atoms with Crippen LogP contribution in [0.25, 0.3) is 10.9 Å². The van der Waals surface area contributed by atoms with Crippen molar-refractivity contribution in [1.82, 2.24) is 15.2 Å². The van der Waals surface area contributed by atoms with Crippen LogP contribution in [-0.2, 0) is 36.8 Å². The second kappa shape index (κ2) is 11.0. The number of esters is 2. The Morgan fingerprint density at radius 1 is 1.00 bits per heavy atom. The molecule has 0 spiro atoms. The topological polar surface area (TPSA) is 98.7 Å². The van der Waals surface area contributed by atoms with Crippen LogP contribution in [0.15, 0.2) is 53.0 Å². The lowest BCUT2D eigenvalue weighted by atomic mass is 9.85. The molecule has 1 aliphatic rings. The predicted molar refractivity (Wildman–Crippen MR) is 130 cm³/mol. The number of amides is 1. The Kier molecular flexibility index (Phi) is 8.15. The first-order valence-corrected chi connectivity index (χ1v) is 11.6. The lowest BCUT2D eigenvalue weighted by Crippen LogP contribution is -2.35. The van der Waals surface area contributed by atoms with Gasteiger partial charge in [0.2, 0.25) is 5.91 Å². The number of allylic oxidation sites excluding steroid dienone is 2. The molecular weight excluding hydrogens is 434 g/mol. The van der Waals surface area contributed by atoms with Gasteiger partial charge in [-0.25, -0.2) is 9.59 Å². The molecule has 34 heavy (non-hydrogen) atoms.